The molecule has 2 aromatic carbocycles. The van der Waals surface area contributed by atoms with Crippen molar-refractivity contribution in [2.75, 3.05) is 13.7 Å². The molecule has 25 heavy (non-hydrogen) atoms. The predicted octanol–water partition coefficient (Wildman–Crippen LogP) is 3.53. The van der Waals surface area contributed by atoms with Crippen LogP contribution < -0.4 is 14.8 Å². The molecule has 0 saturated heterocycles. The van der Waals surface area contributed by atoms with Crippen molar-refractivity contribution in [2.24, 2.45) is 0 Å². The molecule has 0 amide bonds. The summed E-state index contributed by atoms with van der Waals surface area (Å²) in [6.07, 6.45) is 0.401. The summed E-state index contributed by atoms with van der Waals surface area (Å²) in [4.78, 5) is 11.5. The van der Waals surface area contributed by atoms with E-state index in [1.165, 1.54) is 7.11 Å². The van der Waals surface area contributed by atoms with Gasteiger partial charge in [0.2, 0.25) is 0 Å². The Labute approximate surface area is 152 Å². The minimum Gasteiger partial charge on any atom is -0.491 e. The van der Waals surface area contributed by atoms with Crippen molar-refractivity contribution < 1.29 is 19.4 Å². The minimum absolute atomic E-state index is 0.355. The summed E-state index contributed by atoms with van der Waals surface area (Å²) in [6, 6.07) is 12.4. The molecule has 0 unspecified atom stereocenters. The summed E-state index contributed by atoms with van der Waals surface area (Å²) in [5.74, 6) is 0.129. The van der Waals surface area contributed by atoms with Crippen LogP contribution in [0.3, 0.4) is 0 Å². The van der Waals surface area contributed by atoms with Crippen LogP contribution in [-0.2, 0) is 17.8 Å². The summed E-state index contributed by atoms with van der Waals surface area (Å²) in [7, 11) is 1.53. The van der Waals surface area contributed by atoms with Crippen molar-refractivity contribution in [3.05, 3.63) is 58.6 Å². The molecule has 5 nitrogen and oxygen atoms in total. The Morgan fingerprint density at radius 1 is 1.24 bits per heavy atom. The van der Waals surface area contributed by atoms with Crippen molar-refractivity contribution >= 4 is 17.6 Å². The lowest BCUT2D eigenvalue weighted by Crippen LogP contribution is -2.38. The van der Waals surface area contributed by atoms with Crippen LogP contribution in [0, 0.1) is 0 Å². The summed E-state index contributed by atoms with van der Waals surface area (Å²) < 4.78 is 10.8. The lowest BCUT2D eigenvalue weighted by Gasteiger charge is -2.17. The van der Waals surface area contributed by atoms with E-state index in [2.05, 4.69) is 5.32 Å². The zero-order valence-electron chi connectivity index (χ0n) is 14.3. The van der Waals surface area contributed by atoms with E-state index >= 15 is 0 Å². The van der Waals surface area contributed by atoms with Crippen molar-refractivity contribution in [3.63, 3.8) is 0 Å². The SMILES string of the molecule is CCOc1cc(CN[C@@H](Cc2ccccc2)C(=O)O)cc(Cl)c1OC. The van der Waals surface area contributed by atoms with E-state index in [1.54, 1.807) is 6.07 Å². The number of rotatable bonds is 9. The average Bonchev–Trinajstić information content (AvgIpc) is 2.59. The first kappa shape index (κ1) is 19.1. The fourth-order valence-corrected chi connectivity index (χ4v) is 2.83. The van der Waals surface area contributed by atoms with E-state index in [1.807, 2.05) is 43.3 Å². The number of carboxylic acid groups (broad SMARTS) is 1. The fourth-order valence-electron chi connectivity index (χ4n) is 2.52. The number of hydrogen-bond acceptors (Lipinski definition) is 4. The molecule has 0 aliphatic rings. The zero-order valence-corrected chi connectivity index (χ0v) is 15.0. The van der Waals surface area contributed by atoms with Crippen LogP contribution >= 0.6 is 11.6 Å². The second-order valence-corrected chi connectivity index (χ2v) is 5.91. The highest BCUT2D eigenvalue weighted by Crippen LogP contribution is 2.36. The molecule has 0 bridgehead atoms. The standard InChI is InChI=1S/C19H22ClNO4/c1-3-25-17-11-14(9-15(20)18(17)24-2)12-21-16(19(22)23)10-13-7-5-4-6-8-13/h4-9,11,16,21H,3,10,12H2,1-2H3,(H,22,23)/t16-/m0/s1. The fraction of sp³-hybridized carbons (Fsp3) is 0.316. The summed E-state index contributed by atoms with van der Waals surface area (Å²) in [5.41, 5.74) is 1.79. The van der Waals surface area contributed by atoms with Gasteiger partial charge in [-0.15, -0.1) is 0 Å². The lowest BCUT2D eigenvalue weighted by atomic mass is 10.1. The third-order valence-electron chi connectivity index (χ3n) is 3.71. The second kappa shape index (κ2) is 9.30. The number of hydrogen-bond donors (Lipinski definition) is 2. The normalized spacial score (nSPS) is 11.8. The number of aliphatic carboxylic acids is 1. The molecule has 6 heteroatoms. The highest BCUT2D eigenvalue weighted by molar-refractivity contribution is 6.32. The molecule has 2 aromatic rings. The molecule has 0 aliphatic heterocycles. The van der Waals surface area contributed by atoms with Crippen molar-refractivity contribution in [1.82, 2.24) is 5.32 Å². The average molecular weight is 364 g/mol. The molecule has 0 radical (unpaired) electrons. The van der Waals surface area contributed by atoms with Crippen LogP contribution in [0.25, 0.3) is 0 Å². The lowest BCUT2D eigenvalue weighted by molar-refractivity contribution is -0.139. The maximum absolute atomic E-state index is 11.5. The van der Waals surface area contributed by atoms with Gasteiger partial charge in [-0.05, 0) is 36.6 Å². The van der Waals surface area contributed by atoms with Crippen LogP contribution in [0.15, 0.2) is 42.5 Å². The summed E-state index contributed by atoms with van der Waals surface area (Å²) in [6.45, 7) is 2.71. The number of benzene rings is 2. The van der Waals surface area contributed by atoms with Crippen LogP contribution in [-0.4, -0.2) is 30.8 Å². The molecule has 134 valence electrons. The first-order valence-electron chi connectivity index (χ1n) is 8.04. The Bertz CT molecular complexity index is 706. The number of ether oxygens (including phenoxy) is 2. The van der Waals surface area contributed by atoms with Gasteiger partial charge in [-0.3, -0.25) is 4.79 Å². The van der Waals surface area contributed by atoms with Crippen LogP contribution in [0.1, 0.15) is 18.1 Å². The first-order chi connectivity index (χ1) is 12.0. The van der Waals surface area contributed by atoms with Gasteiger partial charge in [-0.2, -0.15) is 0 Å². The highest BCUT2D eigenvalue weighted by Gasteiger charge is 2.18. The monoisotopic (exact) mass is 363 g/mol. The summed E-state index contributed by atoms with van der Waals surface area (Å²) in [5, 5.41) is 12.9. The molecule has 0 saturated carbocycles. The van der Waals surface area contributed by atoms with Crippen LogP contribution in [0.5, 0.6) is 11.5 Å². The molecular weight excluding hydrogens is 342 g/mol. The predicted molar refractivity (Wildman–Crippen MR) is 97.6 cm³/mol. The quantitative estimate of drug-likeness (QED) is 0.713. The molecule has 2 N–H and O–H groups in total. The first-order valence-corrected chi connectivity index (χ1v) is 8.42. The van der Waals surface area contributed by atoms with Gasteiger partial charge in [0.25, 0.3) is 0 Å². The van der Waals surface area contributed by atoms with E-state index in [0.717, 1.165) is 11.1 Å². The minimum atomic E-state index is -0.895. The maximum atomic E-state index is 11.5. The number of halogens is 1. The Morgan fingerprint density at radius 2 is 1.96 bits per heavy atom. The Kier molecular flexibility index (Phi) is 7.10. The molecule has 0 fully saturated rings. The topological polar surface area (TPSA) is 67.8 Å². The molecule has 2 rings (SSSR count). The highest BCUT2D eigenvalue weighted by atomic mass is 35.5. The van der Waals surface area contributed by atoms with E-state index in [0.29, 0.717) is 36.1 Å². The van der Waals surface area contributed by atoms with Crippen LogP contribution in [0.4, 0.5) is 0 Å². The number of methoxy groups -OCH3 is 1. The second-order valence-electron chi connectivity index (χ2n) is 5.50. The van der Waals surface area contributed by atoms with Crippen LogP contribution in [0.2, 0.25) is 5.02 Å². The largest absolute Gasteiger partial charge is 0.491 e. The molecular formula is C19H22ClNO4. The number of carbonyl (C=O) groups is 1. The van der Waals surface area contributed by atoms with Crippen molar-refractivity contribution in [3.8, 4) is 11.5 Å². The van der Waals surface area contributed by atoms with Gasteiger partial charge in [0.05, 0.1) is 18.7 Å². The molecule has 0 aromatic heterocycles. The molecule has 1 atom stereocenters. The Morgan fingerprint density at radius 3 is 2.56 bits per heavy atom. The summed E-state index contributed by atoms with van der Waals surface area (Å²) >= 11 is 6.23. The maximum Gasteiger partial charge on any atom is 0.321 e. The molecule has 0 aliphatic carbocycles. The van der Waals surface area contributed by atoms with Crippen molar-refractivity contribution in [2.45, 2.75) is 25.9 Å². The van der Waals surface area contributed by atoms with Gasteiger partial charge in [0.1, 0.15) is 6.04 Å². The molecule has 0 spiro atoms. The third kappa shape index (κ3) is 5.37. The Hall–Kier alpha value is -2.24. The van der Waals surface area contributed by atoms with Gasteiger partial charge >= 0.3 is 5.97 Å². The Balaban J connectivity index is 2.10. The number of carboxylic acids is 1. The molecule has 0 heterocycles. The third-order valence-corrected chi connectivity index (χ3v) is 3.99. The van der Waals surface area contributed by atoms with E-state index in [4.69, 9.17) is 21.1 Å². The number of nitrogens with one attached hydrogen (secondary N) is 1. The van der Waals surface area contributed by atoms with Crippen molar-refractivity contribution in [1.29, 1.82) is 0 Å². The van der Waals surface area contributed by atoms with Gasteiger partial charge in [-0.25, -0.2) is 0 Å². The van der Waals surface area contributed by atoms with E-state index < -0.39 is 12.0 Å². The van der Waals surface area contributed by atoms with E-state index in [9.17, 15) is 9.90 Å². The smallest absolute Gasteiger partial charge is 0.321 e. The van der Waals surface area contributed by atoms with Gasteiger partial charge in [-0.1, -0.05) is 41.9 Å². The van der Waals surface area contributed by atoms with Gasteiger partial charge < -0.3 is 19.9 Å². The van der Waals surface area contributed by atoms with Gasteiger partial charge in [0, 0.05) is 6.54 Å². The van der Waals surface area contributed by atoms with Gasteiger partial charge in [0.15, 0.2) is 11.5 Å². The van der Waals surface area contributed by atoms with E-state index in [-0.39, 0.29) is 0 Å². The zero-order chi connectivity index (χ0) is 18.2.